The van der Waals surface area contributed by atoms with Gasteiger partial charge in [0.2, 0.25) is 16.8 Å². The highest BCUT2D eigenvalue weighted by Crippen LogP contribution is 2.35. The highest BCUT2D eigenvalue weighted by atomic mass is 35.5. The summed E-state index contributed by atoms with van der Waals surface area (Å²) in [7, 11) is -3.84. The van der Waals surface area contributed by atoms with Crippen molar-refractivity contribution in [1.29, 1.82) is 0 Å². The van der Waals surface area contributed by atoms with E-state index in [1.165, 1.54) is 12.1 Å². The largest absolute Gasteiger partial charge is 0.454 e. The van der Waals surface area contributed by atoms with E-state index in [0.717, 1.165) is 0 Å². The maximum Gasteiger partial charge on any atom is 0.242 e. The normalized spacial score (nSPS) is 13.3. The van der Waals surface area contributed by atoms with E-state index in [-0.39, 0.29) is 33.3 Å². The van der Waals surface area contributed by atoms with Crippen LogP contribution in [0.25, 0.3) is 0 Å². The van der Waals surface area contributed by atoms with Crippen LogP contribution in [0.5, 0.6) is 11.5 Å². The second-order valence-corrected chi connectivity index (χ2v) is 7.58. The molecule has 0 unspecified atom stereocenters. The van der Waals surface area contributed by atoms with E-state index >= 15 is 0 Å². The summed E-state index contributed by atoms with van der Waals surface area (Å²) >= 11 is 17.7. The van der Waals surface area contributed by atoms with Gasteiger partial charge in [-0.3, -0.25) is 0 Å². The first-order valence-electron chi connectivity index (χ1n) is 6.40. The zero-order valence-corrected chi connectivity index (χ0v) is 14.6. The molecule has 0 atom stereocenters. The van der Waals surface area contributed by atoms with E-state index in [1.54, 1.807) is 18.2 Å². The molecule has 2 aromatic rings. The third kappa shape index (κ3) is 3.36. The van der Waals surface area contributed by atoms with Gasteiger partial charge >= 0.3 is 0 Å². The van der Waals surface area contributed by atoms with Crippen molar-refractivity contribution in [2.45, 2.75) is 11.4 Å². The van der Waals surface area contributed by atoms with Crippen LogP contribution >= 0.6 is 34.8 Å². The molecule has 0 saturated heterocycles. The molecular formula is C14H10Cl3NO4S. The van der Waals surface area contributed by atoms with Crippen LogP contribution in [-0.2, 0) is 16.6 Å². The molecule has 0 spiro atoms. The zero-order chi connectivity index (χ0) is 16.6. The average molecular weight is 395 g/mol. The van der Waals surface area contributed by atoms with Crippen LogP contribution in [-0.4, -0.2) is 15.2 Å². The van der Waals surface area contributed by atoms with Gasteiger partial charge in [0.25, 0.3) is 0 Å². The third-order valence-electron chi connectivity index (χ3n) is 3.19. The number of halogens is 3. The van der Waals surface area contributed by atoms with Gasteiger partial charge in [-0.05, 0) is 29.8 Å². The van der Waals surface area contributed by atoms with Crippen LogP contribution in [0.15, 0.2) is 35.2 Å². The summed E-state index contributed by atoms with van der Waals surface area (Å²) in [6.45, 7) is 0.221. The zero-order valence-electron chi connectivity index (χ0n) is 11.5. The van der Waals surface area contributed by atoms with Crippen LogP contribution in [0, 0.1) is 0 Å². The summed E-state index contributed by atoms with van der Waals surface area (Å²) in [4.78, 5) is -0.130. The van der Waals surface area contributed by atoms with Crippen molar-refractivity contribution < 1.29 is 17.9 Å². The fourth-order valence-electron chi connectivity index (χ4n) is 2.02. The molecule has 1 N–H and O–H groups in total. The van der Waals surface area contributed by atoms with Crippen molar-refractivity contribution >= 4 is 44.8 Å². The first-order valence-corrected chi connectivity index (χ1v) is 9.02. The molecular weight excluding hydrogens is 385 g/mol. The summed E-state index contributed by atoms with van der Waals surface area (Å²) in [6.07, 6.45) is 0. The van der Waals surface area contributed by atoms with Crippen molar-refractivity contribution in [3.05, 3.63) is 51.0 Å². The van der Waals surface area contributed by atoms with Gasteiger partial charge in [-0.15, -0.1) is 0 Å². The number of rotatable bonds is 4. The van der Waals surface area contributed by atoms with Crippen molar-refractivity contribution in [3.63, 3.8) is 0 Å². The number of nitrogens with one attached hydrogen (secondary N) is 1. The molecule has 0 aliphatic carbocycles. The lowest BCUT2D eigenvalue weighted by Crippen LogP contribution is -2.23. The van der Waals surface area contributed by atoms with E-state index in [0.29, 0.717) is 17.1 Å². The Kier molecular flexibility index (Phi) is 4.62. The standard InChI is InChI=1S/C14H10Cl3NO4S/c15-9-2-4-12(14(17)13(9)16)23(19,20)18-6-8-1-3-10-11(5-8)22-7-21-10/h1-5,18H,6-7H2. The van der Waals surface area contributed by atoms with Gasteiger partial charge in [0.15, 0.2) is 11.5 Å². The fourth-order valence-corrected chi connectivity index (χ4v) is 4.02. The second kappa shape index (κ2) is 6.37. The highest BCUT2D eigenvalue weighted by Gasteiger charge is 2.21. The minimum atomic E-state index is -3.84. The predicted molar refractivity (Wildman–Crippen MR) is 88.1 cm³/mol. The Balaban J connectivity index is 1.81. The van der Waals surface area contributed by atoms with E-state index in [4.69, 9.17) is 44.3 Å². The maximum atomic E-state index is 12.4. The molecule has 0 radical (unpaired) electrons. The Morgan fingerprint density at radius 1 is 1.00 bits per heavy atom. The Hall–Kier alpha value is -1.18. The first kappa shape index (κ1) is 16.7. The Bertz CT molecular complexity index is 871. The molecule has 0 bridgehead atoms. The number of ether oxygens (including phenoxy) is 2. The van der Waals surface area contributed by atoms with Gasteiger partial charge in [-0.1, -0.05) is 40.9 Å². The van der Waals surface area contributed by atoms with Crippen molar-refractivity contribution in [3.8, 4) is 11.5 Å². The monoisotopic (exact) mass is 393 g/mol. The Labute approximate surface area is 148 Å². The van der Waals surface area contributed by atoms with Gasteiger partial charge in [-0.2, -0.15) is 0 Å². The molecule has 9 heteroatoms. The van der Waals surface area contributed by atoms with E-state index in [2.05, 4.69) is 4.72 Å². The quantitative estimate of drug-likeness (QED) is 0.800. The lowest BCUT2D eigenvalue weighted by molar-refractivity contribution is 0.174. The van der Waals surface area contributed by atoms with Gasteiger partial charge in [0.1, 0.15) is 4.90 Å². The van der Waals surface area contributed by atoms with E-state index in [1.807, 2.05) is 0 Å². The molecule has 23 heavy (non-hydrogen) atoms. The van der Waals surface area contributed by atoms with Gasteiger partial charge in [-0.25, -0.2) is 13.1 Å². The van der Waals surface area contributed by atoms with E-state index in [9.17, 15) is 8.42 Å². The topological polar surface area (TPSA) is 64.6 Å². The van der Waals surface area contributed by atoms with Crippen molar-refractivity contribution in [2.24, 2.45) is 0 Å². The Morgan fingerprint density at radius 3 is 2.52 bits per heavy atom. The number of hydrogen-bond acceptors (Lipinski definition) is 4. The second-order valence-electron chi connectivity index (χ2n) is 4.69. The number of fused-ring (bicyclic) bond motifs is 1. The summed E-state index contributed by atoms with van der Waals surface area (Å²) < 4.78 is 37.7. The molecule has 0 fully saturated rings. The van der Waals surface area contributed by atoms with Gasteiger partial charge in [0.05, 0.1) is 15.1 Å². The molecule has 3 rings (SSSR count). The van der Waals surface area contributed by atoms with Crippen LogP contribution < -0.4 is 14.2 Å². The lowest BCUT2D eigenvalue weighted by Gasteiger charge is -2.10. The predicted octanol–water partition coefficient (Wildman–Crippen LogP) is 3.85. The molecule has 1 aliphatic rings. The maximum absolute atomic E-state index is 12.4. The lowest BCUT2D eigenvalue weighted by atomic mass is 10.2. The smallest absolute Gasteiger partial charge is 0.242 e. The van der Waals surface area contributed by atoms with Crippen LogP contribution in [0.3, 0.4) is 0 Å². The van der Waals surface area contributed by atoms with Crippen LogP contribution in [0.4, 0.5) is 0 Å². The number of sulfonamides is 1. The van der Waals surface area contributed by atoms with Gasteiger partial charge in [0, 0.05) is 6.54 Å². The SMILES string of the molecule is O=S(=O)(NCc1ccc2c(c1)OCO2)c1ccc(Cl)c(Cl)c1Cl. The highest BCUT2D eigenvalue weighted by molar-refractivity contribution is 7.89. The number of benzene rings is 2. The minimum Gasteiger partial charge on any atom is -0.454 e. The first-order chi connectivity index (χ1) is 10.9. The molecule has 0 saturated carbocycles. The molecule has 1 heterocycles. The van der Waals surface area contributed by atoms with E-state index < -0.39 is 10.0 Å². The Morgan fingerprint density at radius 2 is 1.74 bits per heavy atom. The summed E-state index contributed by atoms with van der Waals surface area (Å²) in [5.74, 6) is 1.21. The molecule has 122 valence electrons. The molecule has 0 amide bonds. The minimum absolute atomic E-state index is 0.000659. The van der Waals surface area contributed by atoms with Crippen molar-refractivity contribution in [2.75, 3.05) is 6.79 Å². The molecule has 5 nitrogen and oxygen atoms in total. The molecule has 2 aromatic carbocycles. The molecule has 1 aliphatic heterocycles. The third-order valence-corrected chi connectivity index (χ3v) is 6.04. The van der Waals surface area contributed by atoms with Crippen LogP contribution in [0.2, 0.25) is 15.1 Å². The summed E-state index contributed by atoms with van der Waals surface area (Å²) in [6, 6.07) is 7.86. The summed E-state index contributed by atoms with van der Waals surface area (Å²) in [5.41, 5.74) is 0.717. The number of hydrogen-bond donors (Lipinski definition) is 1. The fraction of sp³-hybridized carbons (Fsp3) is 0.143. The molecule has 0 aromatic heterocycles. The van der Waals surface area contributed by atoms with Crippen molar-refractivity contribution in [1.82, 2.24) is 4.72 Å². The van der Waals surface area contributed by atoms with Gasteiger partial charge < -0.3 is 9.47 Å². The average Bonchev–Trinajstić information content (AvgIpc) is 2.98. The summed E-state index contributed by atoms with van der Waals surface area (Å²) in [5, 5.41) is 0.0722. The van der Waals surface area contributed by atoms with Crippen LogP contribution in [0.1, 0.15) is 5.56 Å².